The molecule has 88 valence electrons. The maximum Gasteiger partial charge on any atom is 0.317 e. The molecular formula is C12H23NO2. The van der Waals surface area contributed by atoms with Crippen LogP contribution in [0.2, 0.25) is 0 Å². The second kappa shape index (κ2) is 5.50. The standard InChI is InChI=1S/C12H23NO2/c1-4-9(2)10(3)13(8-12(14)15)7-11-5-6-11/h9-11H,4-8H2,1-3H3,(H,14,15). The fourth-order valence-electron chi connectivity index (χ4n) is 1.88. The minimum absolute atomic E-state index is 0.196. The van der Waals surface area contributed by atoms with Gasteiger partial charge in [0.2, 0.25) is 0 Å². The van der Waals surface area contributed by atoms with E-state index in [4.69, 9.17) is 5.11 Å². The molecule has 0 spiro atoms. The Bertz CT molecular complexity index is 214. The number of hydrogen-bond donors (Lipinski definition) is 1. The molecule has 2 unspecified atom stereocenters. The highest BCUT2D eigenvalue weighted by atomic mass is 16.4. The van der Waals surface area contributed by atoms with Crippen molar-refractivity contribution in [2.75, 3.05) is 13.1 Å². The van der Waals surface area contributed by atoms with Crippen molar-refractivity contribution in [1.29, 1.82) is 0 Å². The third kappa shape index (κ3) is 4.20. The minimum Gasteiger partial charge on any atom is -0.480 e. The summed E-state index contributed by atoms with van der Waals surface area (Å²) in [4.78, 5) is 12.9. The lowest BCUT2D eigenvalue weighted by molar-refractivity contribution is -0.139. The lowest BCUT2D eigenvalue weighted by Gasteiger charge is -2.31. The summed E-state index contributed by atoms with van der Waals surface area (Å²) in [6.07, 6.45) is 3.68. The molecule has 0 saturated heterocycles. The van der Waals surface area contributed by atoms with Crippen LogP contribution in [0.25, 0.3) is 0 Å². The SMILES string of the molecule is CCC(C)C(C)N(CC(=O)O)CC1CC1. The molecule has 1 fully saturated rings. The fraction of sp³-hybridized carbons (Fsp3) is 0.917. The average molecular weight is 213 g/mol. The Kier molecular flexibility index (Phi) is 4.58. The van der Waals surface area contributed by atoms with Crippen LogP contribution in [0, 0.1) is 11.8 Å². The van der Waals surface area contributed by atoms with Crippen molar-refractivity contribution in [1.82, 2.24) is 4.90 Å². The Hall–Kier alpha value is -0.570. The molecule has 15 heavy (non-hydrogen) atoms. The molecule has 0 aromatic rings. The second-order valence-electron chi connectivity index (χ2n) is 4.89. The van der Waals surface area contributed by atoms with E-state index < -0.39 is 5.97 Å². The zero-order valence-electron chi connectivity index (χ0n) is 10.1. The first-order valence-corrected chi connectivity index (χ1v) is 6.00. The molecule has 0 heterocycles. The summed E-state index contributed by atoms with van der Waals surface area (Å²) in [5, 5.41) is 8.88. The van der Waals surface area contributed by atoms with Crippen molar-refractivity contribution < 1.29 is 9.90 Å². The number of hydrogen-bond acceptors (Lipinski definition) is 2. The normalized spacial score (nSPS) is 20.3. The molecule has 1 aliphatic rings. The zero-order chi connectivity index (χ0) is 11.4. The van der Waals surface area contributed by atoms with Gasteiger partial charge >= 0.3 is 5.97 Å². The highest BCUT2D eigenvalue weighted by Gasteiger charge is 2.29. The van der Waals surface area contributed by atoms with Crippen LogP contribution >= 0.6 is 0 Å². The Morgan fingerprint density at radius 1 is 1.47 bits per heavy atom. The highest BCUT2D eigenvalue weighted by Crippen LogP contribution is 2.31. The molecule has 0 bridgehead atoms. The van der Waals surface area contributed by atoms with E-state index >= 15 is 0 Å². The molecule has 0 aromatic heterocycles. The largest absolute Gasteiger partial charge is 0.480 e. The molecule has 1 saturated carbocycles. The number of carboxylic acid groups (broad SMARTS) is 1. The first kappa shape index (κ1) is 12.5. The van der Waals surface area contributed by atoms with Crippen molar-refractivity contribution in [2.45, 2.75) is 46.1 Å². The van der Waals surface area contributed by atoms with E-state index in [-0.39, 0.29) is 6.54 Å². The van der Waals surface area contributed by atoms with Crippen LogP contribution in [0.4, 0.5) is 0 Å². The first-order chi connectivity index (χ1) is 7.04. The summed E-state index contributed by atoms with van der Waals surface area (Å²) in [6, 6.07) is 0.381. The van der Waals surface area contributed by atoms with Crippen LogP contribution in [0.3, 0.4) is 0 Å². The maximum atomic E-state index is 10.8. The third-order valence-electron chi connectivity index (χ3n) is 3.57. The Labute approximate surface area is 92.5 Å². The van der Waals surface area contributed by atoms with Gasteiger partial charge in [-0.1, -0.05) is 20.3 Å². The summed E-state index contributed by atoms with van der Waals surface area (Å²) < 4.78 is 0. The maximum absolute atomic E-state index is 10.8. The molecule has 0 aliphatic heterocycles. The molecule has 3 nitrogen and oxygen atoms in total. The van der Waals surface area contributed by atoms with E-state index in [1.165, 1.54) is 12.8 Å². The predicted octanol–water partition coefficient (Wildman–Crippen LogP) is 2.22. The van der Waals surface area contributed by atoms with Gasteiger partial charge in [-0.2, -0.15) is 0 Å². The molecule has 3 heteroatoms. The van der Waals surface area contributed by atoms with Crippen molar-refractivity contribution in [3.63, 3.8) is 0 Å². The molecule has 0 amide bonds. The number of carbonyl (C=O) groups is 1. The van der Waals surface area contributed by atoms with Crippen molar-refractivity contribution in [3.05, 3.63) is 0 Å². The van der Waals surface area contributed by atoms with Crippen LogP contribution < -0.4 is 0 Å². The lowest BCUT2D eigenvalue weighted by atomic mass is 9.99. The second-order valence-corrected chi connectivity index (χ2v) is 4.89. The van der Waals surface area contributed by atoms with E-state index in [1.54, 1.807) is 0 Å². The van der Waals surface area contributed by atoms with Gasteiger partial charge in [0.25, 0.3) is 0 Å². The Morgan fingerprint density at radius 2 is 2.07 bits per heavy atom. The fourth-order valence-corrected chi connectivity index (χ4v) is 1.88. The topological polar surface area (TPSA) is 40.5 Å². The van der Waals surface area contributed by atoms with E-state index in [1.807, 2.05) is 0 Å². The number of carboxylic acids is 1. The van der Waals surface area contributed by atoms with Crippen molar-refractivity contribution in [3.8, 4) is 0 Å². The molecule has 1 aliphatic carbocycles. The Balaban J connectivity index is 2.48. The van der Waals surface area contributed by atoms with E-state index in [9.17, 15) is 4.79 Å². The van der Waals surface area contributed by atoms with Gasteiger partial charge in [-0.3, -0.25) is 9.69 Å². The quantitative estimate of drug-likeness (QED) is 0.705. The summed E-state index contributed by atoms with van der Waals surface area (Å²) in [6.45, 7) is 7.68. The summed E-state index contributed by atoms with van der Waals surface area (Å²) in [7, 11) is 0. The zero-order valence-corrected chi connectivity index (χ0v) is 10.1. The van der Waals surface area contributed by atoms with Gasteiger partial charge in [-0.15, -0.1) is 0 Å². The van der Waals surface area contributed by atoms with Gasteiger partial charge in [0, 0.05) is 12.6 Å². The van der Waals surface area contributed by atoms with E-state index in [0.29, 0.717) is 12.0 Å². The summed E-state index contributed by atoms with van der Waals surface area (Å²) in [5.74, 6) is 0.629. The highest BCUT2D eigenvalue weighted by molar-refractivity contribution is 5.69. The van der Waals surface area contributed by atoms with Gasteiger partial charge in [0.1, 0.15) is 0 Å². The molecular weight excluding hydrogens is 190 g/mol. The number of nitrogens with zero attached hydrogens (tertiary/aromatic N) is 1. The van der Waals surface area contributed by atoms with Gasteiger partial charge < -0.3 is 5.11 Å². The summed E-state index contributed by atoms with van der Waals surface area (Å²) in [5.41, 5.74) is 0. The number of aliphatic carboxylic acids is 1. The van der Waals surface area contributed by atoms with Crippen LogP contribution in [-0.4, -0.2) is 35.1 Å². The third-order valence-corrected chi connectivity index (χ3v) is 3.57. The van der Waals surface area contributed by atoms with Crippen molar-refractivity contribution in [2.24, 2.45) is 11.8 Å². The monoisotopic (exact) mass is 213 g/mol. The van der Waals surface area contributed by atoms with Crippen LogP contribution in [-0.2, 0) is 4.79 Å². The first-order valence-electron chi connectivity index (χ1n) is 6.00. The van der Waals surface area contributed by atoms with Crippen LogP contribution in [0.5, 0.6) is 0 Å². The predicted molar refractivity (Wildman–Crippen MR) is 60.8 cm³/mol. The van der Waals surface area contributed by atoms with Crippen LogP contribution in [0.15, 0.2) is 0 Å². The van der Waals surface area contributed by atoms with E-state index in [2.05, 4.69) is 25.7 Å². The summed E-state index contributed by atoms with van der Waals surface area (Å²) >= 11 is 0. The number of rotatable bonds is 7. The molecule has 2 atom stereocenters. The van der Waals surface area contributed by atoms with Gasteiger partial charge in [0.15, 0.2) is 0 Å². The minimum atomic E-state index is -0.703. The van der Waals surface area contributed by atoms with Gasteiger partial charge in [-0.05, 0) is 31.6 Å². The van der Waals surface area contributed by atoms with Crippen LogP contribution in [0.1, 0.15) is 40.0 Å². The molecule has 0 radical (unpaired) electrons. The average Bonchev–Trinajstić information content (AvgIpc) is 2.97. The smallest absolute Gasteiger partial charge is 0.317 e. The van der Waals surface area contributed by atoms with Crippen molar-refractivity contribution >= 4 is 5.97 Å². The van der Waals surface area contributed by atoms with Gasteiger partial charge in [-0.25, -0.2) is 0 Å². The van der Waals surface area contributed by atoms with Gasteiger partial charge in [0.05, 0.1) is 6.54 Å². The molecule has 1 N–H and O–H groups in total. The molecule has 0 aromatic carbocycles. The lowest BCUT2D eigenvalue weighted by Crippen LogP contribution is -2.42. The Morgan fingerprint density at radius 3 is 2.47 bits per heavy atom. The molecule has 1 rings (SSSR count). The van der Waals surface area contributed by atoms with E-state index in [0.717, 1.165) is 18.9 Å².